The van der Waals surface area contributed by atoms with Gasteiger partial charge in [0.05, 0.1) is 11.9 Å². The Bertz CT molecular complexity index is 641. The molecule has 0 saturated heterocycles. The molecule has 0 spiro atoms. The van der Waals surface area contributed by atoms with Gasteiger partial charge in [-0.1, -0.05) is 18.2 Å². The van der Waals surface area contributed by atoms with Crippen LogP contribution in [0.15, 0.2) is 42.7 Å². The molecule has 0 aliphatic rings. The number of carbonyl (C=O) groups is 1. The molecule has 2 rings (SSSR count). The van der Waals surface area contributed by atoms with E-state index in [4.69, 9.17) is 0 Å². The van der Waals surface area contributed by atoms with Gasteiger partial charge in [0.15, 0.2) is 0 Å². The lowest BCUT2D eigenvalue weighted by atomic mass is 10.2. The second-order valence-corrected chi connectivity index (χ2v) is 6.90. The van der Waals surface area contributed by atoms with Crippen LogP contribution in [-0.4, -0.2) is 45.8 Å². The highest BCUT2D eigenvalue weighted by molar-refractivity contribution is 5.76. The van der Waals surface area contributed by atoms with E-state index in [1.165, 1.54) is 0 Å². The molecule has 0 atom stereocenters. The zero-order chi connectivity index (χ0) is 18.2. The van der Waals surface area contributed by atoms with Crippen molar-refractivity contribution in [2.75, 3.05) is 13.1 Å². The van der Waals surface area contributed by atoms with E-state index in [0.717, 1.165) is 17.8 Å². The molecule has 1 amide bonds. The first-order valence-electron chi connectivity index (χ1n) is 9.08. The van der Waals surface area contributed by atoms with Crippen LogP contribution in [0, 0.1) is 0 Å². The second kappa shape index (κ2) is 9.37. The molecule has 0 unspecified atom stereocenters. The Morgan fingerprint density at radius 1 is 1.16 bits per heavy atom. The SMILES string of the molecule is CC(C)N(CCNC(=O)CCc1cnn(-c2ccccc2)c1)C(C)C. The molecule has 1 aromatic heterocycles. The number of aromatic nitrogens is 2. The fourth-order valence-corrected chi connectivity index (χ4v) is 2.99. The zero-order valence-electron chi connectivity index (χ0n) is 15.8. The van der Waals surface area contributed by atoms with Crippen molar-refractivity contribution >= 4 is 5.91 Å². The van der Waals surface area contributed by atoms with Gasteiger partial charge in [0.25, 0.3) is 0 Å². The molecule has 25 heavy (non-hydrogen) atoms. The third kappa shape index (κ3) is 6.02. The van der Waals surface area contributed by atoms with Crippen molar-refractivity contribution in [1.82, 2.24) is 20.0 Å². The maximum atomic E-state index is 12.1. The predicted molar refractivity (Wildman–Crippen MR) is 102 cm³/mol. The smallest absolute Gasteiger partial charge is 0.220 e. The molecule has 1 N–H and O–H groups in total. The summed E-state index contributed by atoms with van der Waals surface area (Å²) in [5.41, 5.74) is 2.10. The molecule has 0 saturated carbocycles. The Morgan fingerprint density at radius 3 is 2.48 bits per heavy atom. The number of amides is 1. The van der Waals surface area contributed by atoms with E-state index in [-0.39, 0.29) is 5.91 Å². The zero-order valence-corrected chi connectivity index (χ0v) is 15.8. The first-order valence-corrected chi connectivity index (χ1v) is 9.08. The molecule has 136 valence electrons. The fourth-order valence-electron chi connectivity index (χ4n) is 2.99. The van der Waals surface area contributed by atoms with Crippen LogP contribution in [0.2, 0.25) is 0 Å². The maximum Gasteiger partial charge on any atom is 0.220 e. The van der Waals surface area contributed by atoms with Crippen LogP contribution < -0.4 is 5.32 Å². The van der Waals surface area contributed by atoms with Crippen molar-refractivity contribution in [1.29, 1.82) is 0 Å². The van der Waals surface area contributed by atoms with Crippen molar-refractivity contribution in [3.63, 3.8) is 0 Å². The predicted octanol–water partition coefficient (Wildman–Crippen LogP) is 3.04. The summed E-state index contributed by atoms with van der Waals surface area (Å²) in [6.07, 6.45) is 5.02. The minimum atomic E-state index is 0.0972. The van der Waals surface area contributed by atoms with Crippen molar-refractivity contribution < 1.29 is 4.79 Å². The Morgan fingerprint density at radius 2 is 1.84 bits per heavy atom. The number of aryl methyl sites for hydroxylation is 1. The largest absolute Gasteiger partial charge is 0.355 e. The van der Waals surface area contributed by atoms with Crippen molar-refractivity contribution in [2.45, 2.75) is 52.6 Å². The Balaban J connectivity index is 1.74. The van der Waals surface area contributed by atoms with Crippen LogP contribution in [0.5, 0.6) is 0 Å². The summed E-state index contributed by atoms with van der Waals surface area (Å²) in [4.78, 5) is 14.4. The summed E-state index contributed by atoms with van der Waals surface area (Å²) < 4.78 is 1.84. The fraction of sp³-hybridized carbons (Fsp3) is 0.500. The van der Waals surface area contributed by atoms with E-state index < -0.39 is 0 Å². The van der Waals surface area contributed by atoms with Crippen LogP contribution in [0.4, 0.5) is 0 Å². The van der Waals surface area contributed by atoms with Crippen LogP contribution in [0.3, 0.4) is 0 Å². The highest BCUT2D eigenvalue weighted by atomic mass is 16.1. The first-order chi connectivity index (χ1) is 12.0. The minimum absolute atomic E-state index is 0.0972. The number of carbonyl (C=O) groups excluding carboxylic acids is 1. The molecule has 0 bridgehead atoms. The van der Waals surface area contributed by atoms with Gasteiger partial charge in [-0.2, -0.15) is 5.10 Å². The summed E-state index contributed by atoms with van der Waals surface area (Å²) in [7, 11) is 0. The molecular weight excluding hydrogens is 312 g/mol. The van der Waals surface area contributed by atoms with E-state index in [1.54, 1.807) is 0 Å². The normalized spacial score (nSPS) is 11.5. The lowest BCUT2D eigenvalue weighted by Crippen LogP contribution is -2.42. The van der Waals surface area contributed by atoms with Gasteiger partial charge in [-0.25, -0.2) is 4.68 Å². The molecule has 0 radical (unpaired) electrons. The average Bonchev–Trinajstić information content (AvgIpc) is 3.06. The number of nitrogens with one attached hydrogen (secondary N) is 1. The molecule has 5 heteroatoms. The lowest BCUT2D eigenvalue weighted by Gasteiger charge is -2.30. The third-order valence-corrected chi connectivity index (χ3v) is 4.32. The van der Waals surface area contributed by atoms with E-state index in [1.807, 2.05) is 47.4 Å². The number of hydrogen-bond acceptors (Lipinski definition) is 3. The number of para-hydroxylation sites is 1. The molecule has 0 aliphatic carbocycles. The third-order valence-electron chi connectivity index (χ3n) is 4.32. The Kier molecular flexibility index (Phi) is 7.19. The quantitative estimate of drug-likeness (QED) is 0.762. The number of nitrogens with zero attached hydrogens (tertiary/aromatic N) is 3. The van der Waals surface area contributed by atoms with E-state index in [2.05, 4.69) is 43.0 Å². The van der Waals surface area contributed by atoms with Crippen molar-refractivity contribution in [3.05, 3.63) is 48.3 Å². The van der Waals surface area contributed by atoms with Crippen molar-refractivity contribution in [3.8, 4) is 5.69 Å². The van der Waals surface area contributed by atoms with Gasteiger partial charge >= 0.3 is 0 Å². The first kappa shape index (κ1) is 19.2. The Hall–Kier alpha value is -2.14. The highest BCUT2D eigenvalue weighted by Crippen LogP contribution is 2.09. The van der Waals surface area contributed by atoms with Crippen LogP contribution >= 0.6 is 0 Å². The summed E-state index contributed by atoms with van der Waals surface area (Å²) in [6.45, 7) is 10.3. The van der Waals surface area contributed by atoms with Gasteiger partial charge in [-0.05, 0) is 51.8 Å². The molecule has 1 aromatic carbocycles. The molecule has 0 aliphatic heterocycles. The topological polar surface area (TPSA) is 50.2 Å². The second-order valence-electron chi connectivity index (χ2n) is 6.90. The van der Waals surface area contributed by atoms with Gasteiger partial charge in [-0.15, -0.1) is 0 Å². The summed E-state index contributed by atoms with van der Waals surface area (Å²) in [5.74, 6) is 0.0972. The number of benzene rings is 1. The van der Waals surface area contributed by atoms with Gasteiger partial charge in [0.1, 0.15) is 0 Å². The molecule has 1 heterocycles. The summed E-state index contributed by atoms with van der Waals surface area (Å²) >= 11 is 0. The molecule has 0 fully saturated rings. The van der Waals surface area contributed by atoms with Gasteiger partial charge in [0.2, 0.25) is 5.91 Å². The van der Waals surface area contributed by atoms with Gasteiger partial charge in [-0.3, -0.25) is 9.69 Å². The molecule has 5 nitrogen and oxygen atoms in total. The number of rotatable bonds is 9. The van der Waals surface area contributed by atoms with Gasteiger partial charge < -0.3 is 5.32 Å². The summed E-state index contributed by atoms with van der Waals surface area (Å²) in [6, 6.07) is 11.0. The minimum Gasteiger partial charge on any atom is -0.355 e. The average molecular weight is 342 g/mol. The lowest BCUT2D eigenvalue weighted by molar-refractivity contribution is -0.121. The highest BCUT2D eigenvalue weighted by Gasteiger charge is 2.13. The molecule has 2 aromatic rings. The summed E-state index contributed by atoms with van der Waals surface area (Å²) in [5, 5.41) is 7.39. The van der Waals surface area contributed by atoms with E-state index in [9.17, 15) is 4.79 Å². The maximum absolute atomic E-state index is 12.1. The van der Waals surface area contributed by atoms with E-state index in [0.29, 0.717) is 31.5 Å². The van der Waals surface area contributed by atoms with Crippen LogP contribution in [-0.2, 0) is 11.2 Å². The monoisotopic (exact) mass is 342 g/mol. The van der Waals surface area contributed by atoms with E-state index >= 15 is 0 Å². The standard InChI is InChI=1S/C20H30N4O/c1-16(2)23(17(3)4)13-12-21-20(25)11-10-18-14-22-24(15-18)19-8-6-5-7-9-19/h5-9,14-17H,10-13H2,1-4H3,(H,21,25). The van der Waals surface area contributed by atoms with Crippen LogP contribution in [0.25, 0.3) is 5.69 Å². The van der Waals surface area contributed by atoms with Crippen molar-refractivity contribution in [2.24, 2.45) is 0 Å². The van der Waals surface area contributed by atoms with Crippen LogP contribution in [0.1, 0.15) is 39.7 Å². The molecular formula is C20H30N4O. The Labute approximate surface area is 151 Å². The van der Waals surface area contributed by atoms with Gasteiger partial charge in [0, 0.05) is 37.8 Å². The number of hydrogen-bond donors (Lipinski definition) is 1.